The molecule has 1 aliphatic carbocycles. The fourth-order valence-corrected chi connectivity index (χ4v) is 7.47. The van der Waals surface area contributed by atoms with Gasteiger partial charge in [0.25, 0.3) is 0 Å². The van der Waals surface area contributed by atoms with E-state index in [1.54, 1.807) is 6.08 Å². The topological polar surface area (TPSA) is 69.6 Å². The Bertz CT molecular complexity index is 2710. The van der Waals surface area contributed by atoms with E-state index in [-0.39, 0.29) is 5.41 Å². The average Bonchev–Trinajstić information content (AvgIpc) is 3.83. The number of para-hydroxylation sites is 1. The van der Waals surface area contributed by atoms with Crippen molar-refractivity contribution in [2.45, 2.75) is 26.2 Å². The molecule has 9 rings (SSSR count). The predicted octanol–water partition coefficient (Wildman–Crippen LogP) is 10.9. The van der Waals surface area contributed by atoms with Gasteiger partial charge in [0, 0.05) is 32.9 Å². The molecule has 0 amide bonds. The first-order valence-corrected chi connectivity index (χ1v) is 16.8. The molecule has 6 heteroatoms. The van der Waals surface area contributed by atoms with Gasteiger partial charge in [-0.25, -0.2) is 9.97 Å². The minimum atomic E-state index is -0.179. The second-order valence-corrected chi connectivity index (χ2v) is 13.1. The average molecular weight is 648 g/mol. The van der Waals surface area contributed by atoms with Gasteiger partial charge in [-0.15, -0.1) is 0 Å². The molecule has 1 aliphatic rings. The molecule has 6 nitrogen and oxygen atoms in total. The lowest BCUT2D eigenvalue weighted by Crippen LogP contribution is -2.14. The number of oxazole rings is 1. The molecule has 240 valence electrons. The summed E-state index contributed by atoms with van der Waals surface area (Å²) in [5.41, 5.74) is 12.6. The number of allylic oxidation sites excluding steroid dienone is 5. The van der Waals surface area contributed by atoms with Crippen LogP contribution in [-0.2, 0) is 5.41 Å². The molecule has 0 bridgehead atoms. The van der Waals surface area contributed by atoms with Crippen LogP contribution in [0.2, 0.25) is 0 Å². The van der Waals surface area contributed by atoms with Crippen molar-refractivity contribution in [1.29, 1.82) is 0 Å². The molecule has 0 aliphatic heterocycles. The Morgan fingerprint density at radius 2 is 1.54 bits per heavy atom. The molecule has 0 atom stereocenters. The molecule has 5 aromatic carbocycles. The molecular formula is C44H33N5O. The molecule has 8 aromatic rings. The van der Waals surface area contributed by atoms with E-state index in [1.165, 1.54) is 23.1 Å². The van der Waals surface area contributed by atoms with Gasteiger partial charge in [-0.05, 0) is 65.1 Å². The Morgan fingerprint density at radius 1 is 0.760 bits per heavy atom. The highest BCUT2D eigenvalue weighted by Gasteiger charge is 2.37. The van der Waals surface area contributed by atoms with Gasteiger partial charge < -0.3 is 4.42 Å². The van der Waals surface area contributed by atoms with Crippen LogP contribution in [0.1, 0.15) is 37.7 Å². The lowest BCUT2D eigenvalue weighted by atomic mass is 9.81. The van der Waals surface area contributed by atoms with Crippen molar-refractivity contribution in [1.82, 2.24) is 24.5 Å². The Morgan fingerprint density at radius 3 is 2.38 bits per heavy atom. The fraction of sp³-hybridized carbons (Fsp3) is 0.0909. The van der Waals surface area contributed by atoms with Gasteiger partial charge in [0.05, 0.1) is 11.0 Å². The molecule has 0 N–H and O–H groups in total. The maximum absolute atomic E-state index is 5.89. The summed E-state index contributed by atoms with van der Waals surface area (Å²) in [6.45, 7) is 10.4. The van der Waals surface area contributed by atoms with Crippen LogP contribution in [0.3, 0.4) is 0 Å². The summed E-state index contributed by atoms with van der Waals surface area (Å²) >= 11 is 0. The first kappa shape index (κ1) is 29.7. The van der Waals surface area contributed by atoms with E-state index >= 15 is 0 Å². The lowest BCUT2D eigenvalue weighted by molar-refractivity contribution is 0.601. The van der Waals surface area contributed by atoms with Crippen molar-refractivity contribution >= 4 is 38.5 Å². The molecule has 0 saturated heterocycles. The van der Waals surface area contributed by atoms with E-state index in [9.17, 15) is 0 Å². The fourth-order valence-electron chi connectivity index (χ4n) is 7.47. The number of nitrogens with zero attached hydrogens (tertiary/aromatic N) is 5. The number of aromatic nitrogens is 5. The zero-order valence-corrected chi connectivity index (χ0v) is 28.1. The van der Waals surface area contributed by atoms with E-state index in [0.29, 0.717) is 17.6 Å². The Labute approximate surface area is 289 Å². The highest BCUT2D eigenvalue weighted by atomic mass is 16.3. The summed E-state index contributed by atoms with van der Waals surface area (Å²) < 4.78 is 8.05. The number of benzene rings is 5. The van der Waals surface area contributed by atoms with Crippen LogP contribution in [0.5, 0.6) is 0 Å². The molecule has 0 radical (unpaired) electrons. The number of fused-ring (bicyclic) bond motifs is 8. The standard InChI is InChI=1S/C44H33N5O/c1-5-7-13-27(6-2)41-46-42(28-14-9-8-10-15-28)48-43(47-41)49-37-17-12-11-16-31(37)33-24-29(19-23-38(33)49)30-18-20-32-35(25-30)44(3,4)34-21-22-36-40(39(32)34)50-26-45-36/h5-26H,1H2,2-4H3/b13-7-,27-6+. The third-order valence-electron chi connectivity index (χ3n) is 9.98. The minimum absolute atomic E-state index is 0.179. The number of rotatable bonds is 6. The third kappa shape index (κ3) is 4.49. The van der Waals surface area contributed by atoms with E-state index in [0.717, 1.165) is 60.7 Å². The van der Waals surface area contributed by atoms with Crippen molar-refractivity contribution in [3.63, 3.8) is 0 Å². The van der Waals surface area contributed by atoms with Crippen LogP contribution < -0.4 is 0 Å². The molecule has 50 heavy (non-hydrogen) atoms. The normalized spacial score (nSPS) is 13.8. The van der Waals surface area contributed by atoms with E-state index < -0.39 is 0 Å². The van der Waals surface area contributed by atoms with Crippen LogP contribution in [0.15, 0.2) is 145 Å². The quantitative estimate of drug-likeness (QED) is 0.168. The molecule has 3 aromatic heterocycles. The smallest absolute Gasteiger partial charge is 0.238 e. The molecule has 0 spiro atoms. The van der Waals surface area contributed by atoms with Gasteiger partial charge >= 0.3 is 0 Å². The monoisotopic (exact) mass is 647 g/mol. The SMILES string of the molecule is C=C/C=C\C(=C/C)c1nc(-c2ccccc2)nc(-n2c3ccccc3c3cc(-c4ccc5c(c4)C(C)(C)c4ccc6ncoc6c4-5)ccc32)n1. The van der Waals surface area contributed by atoms with Crippen LogP contribution in [0.25, 0.3) is 78.1 Å². The first-order valence-electron chi connectivity index (χ1n) is 16.8. The maximum Gasteiger partial charge on any atom is 0.238 e. The van der Waals surface area contributed by atoms with Gasteiger partial charge in [-0.3, -0.25) is 4.57 Å². The van der Waals surface area contributed by atoms with Crippen molar-refractivity contribution < 1.29 is 4.42 Å². The summed E-state index contributed by atoms with van der Waals surface area (Å²) in [4.78, 5) is 19.5. The Hall–Kier alpha value is -6.40. The molecule has 0 saturated carbocycles. The van der Waals surface area contributed by atoms with Crippen molar-refractivity contribution in [3.8, 4) is 39.6 Å². The summed E-state index contributed by atoms with van der Waals surface area (Å²) in [6.07, 6.45) is 9.18. The molecule has 0 unspecified atom stereocenters. The Balaban J connectivity index is 1.22. The second kappa shape index (κ2) is 11.3. The van der Waals surface area contributed by atoms with Crippen molar-refractivity contribution in [2.75, 3.05) is 0 Å². The minimum Gasteiger partial charge on any atom is -0.443 e. The highest BCUT2D eigenvalue weighted by Crippen LogP contribution is 2.52. The van der Waals surface area contributed by atoms with E-state index in [1.807, 2.05) is 55.5 Å². The van der Waals surface area contributed by atoms with E-state index in [4.69, 9.17) is 19.4 Å². The molecular weight excluding hydrogens is 615 g/mol. The van der Waals surface area contributed by atoms with Crippen LogP contribution >= 0.6 is 0 Å². The van der Waals surface area contributed by atoms with Crippen LogP contribution in [0.4, 0.5) is 0 Å². The zero-order chi connectivity index (χ0) is 34.0. The van der Waals surface area contributed by atoms with Crippen LogP contribution in [-0.4, -0.2) is 24.5 Å². The van der Waals surface area contributed by atoms with Gasteiger partial charge in [-0.1, -0.05) is 118 Å². The molecule has 3 heterocycles. The number of hydrogen-bond donors (Lipinski definition) is 0. The van der Waals surface area contributed by atoms with Gasteiger partial charge in [-0.2, -0.15) is 9.97 Å². The second-order valence-electron chi connectivity index (χ2n) is 13.1. The first-order chi connectivity index (χ1) is 24.5. The zero-order valence-electron chi connectivity index (χ0n) is 28.1. The molecule has 0 fully saturated rings. The van der Waals surface area contributed by atoms with Gasteiger partial charge in [0.15, 0.2) is 23.6 Å². The summed E-state index contributed by atoms with van der Waals surface area (Å²) in [7, 11) is 0. The third-order valence-corrected chi connectivity index (χ3v) is 9.98. The van der Waals surface area contributed by atoms with Gasteiger partial charge in [0.2, 0.25) is 5.95 Å². The highest BCUT2D eigenvalue weighted by molar-refractivity contribution is 6.10. The maximum atomic E-state index is 5.89. The number of hydrogen-bond acceptors (Lipinski definition) is 5. The Kier molecular flexibility index (Phi) is 6.74. The summed E-state index contributed by atoms with van der Waals surface area (Å²) in [5, 5.41) is 2.26. The predicted molar refractivity (Wildman–Crippen MR) is 203 cm³/mol. The van der Waals surface area contributed by atoms with Crippen molar-refractivity contribution in [3.05, 3.63) is 157 Å². The van der Waals surface area contributed by atoms with Gasteiger partial charge in [0.1, 0.15) is 5.52 Å². The summed E-state index contributed by atoms with van der Waals surface area (Å²) in [5.74, 6) is 1.78. The summed E-state index contributed by atoms with van der Waals surface area (Å²) in [6, 6.07) is 36.3. The van der Waals surface area contributed by atoms with Crippen LogP contribution in [0, 0.1) is 0 Å². The van der Waals surface area contributed by atoms with E-state index in [2.05, 4.69) is 103 Å². The lowest BCUT2D eigenvalue weighted by Gasteiger charge is -2.22. The largest absolute Gasteiger partial charge is 0.443 e. The van der Waals surface area contributed by atoms with Crippen molar-refractivity contribution in [2.24, 2.45) is 0 Å².